The molecule has 0 aliphatic rings. The van der Waals surface area contributed by atoms with Gasteiger partial charge >= 0.3 is 21.5 Å². The first-order chi connectivity index (χ1) is 11.7. The summed E-state index contributed by atoms with van der Waals surface area (Å²) in [5, 5.41) is -2.76. The highest BCUT2D eigenvalue weighted by Gasteiger charge is 2.47. The number of para-hydroxylation sites is 1. The number of carbonyl (C=O) groups is 1. The number of urea groups is 1. The van der Waals surface area contributed by atoms with Crippen LogP contribution in [-0.4, -0.2) is 46.3 Å². The number of nitrogens with zero attached hydrogens (tertiary/aromatic N) is 2. The SMILES string of the molecule is CCOC(OCC)O[Si]C(F)(F)N(F)C(=O)N(F)c1ccccc1F. The molecule has 0 heterocycles. The molecule has 1 aromatic carbocycles. The van der Waals surface area contributed by atoms with E-state index in [9.17, 15) is 26.9 Å². The van der Waals surface area contributed by atoms with E-state index in [1.54, 1.807) is 0 Å². The predicted octanol–water partition coefficient (Wildman–Crippen LogP) is 3.37. The highest BCUT2D eigenvalue weighted by molar-refractivity contribution is 6.31. The molecule has 0 aliphatic heterocycles. The summed E-state index contributed by atoms with van der Waals surface area (Å²) in [5.74, 6) is -1.23. The molecular formula is C13H15F5N2O4Si. The molecule has 140 valence electrons. The van der Waals surface area contributed by atoms with E-state index in [1.165, 1.54) is 19.9 Å². The number of ether oxygens (including phenoxy) is 2. The third-order valence-corrected chi connectivity index (χ3v) is 3.28. The molecule has 0 unspecified atom stereocenters. The lowest BCUT2D eigenvalue weighted by Gasteiger charge is -2.25. The van der Waals surface area contributed by atoms with Gasteiger partial charge in [-0.2, -0.15) is 8.78 Å². The van der Waals surface area contributed by atoms with Gasteiger partial charge in [0.05, 0.1) is 0 Å². The van der Waals surface area contributed by atoms with Gasteiger partial charge in [0, 0.05) is 13.2 Å². The molecule has 2 amide bonds. The number of alkyl halides is 2. The van der Waals surface area contributed by atoms with E-state index in [0.29, 0.717) is 0 Å². The van der Waals surface area contributed by atoms with Gasteiger partial charge in [-0.1, -0.05) is 26.2 Å². The Balaban J connectivity index is 2.76. The standard InChI is InChI=1S/C13H15F5N2O4Si/c1-3-22-12(23-4-2)24-25-13(15,16)20(18)11(21)19(17)10-8-6-5-7-9(10)14/h5-8,12H,3-4H2,1-2H3. The summed E-state index contributed by atoms with van der Waals surface area (Å²) in [6.45, 7) is 1.69. The summed E-state index contributed by atoms with van der Waals surface area (Å²) in [4.78, 5) is 11.5. The minimum Gasteiger partial charge on any atom is -0.361 e. The Kier molecular flexibility index (Phi) is 8.21. The molecule has 0 bridgehead atoms. The first kappa shape index (κ1) is 21.3. The summed E-state index contributed by atoms with van der Waals surface area (Å²) >= 11 is 0. The van der Waals surface area contributed by atoms with Crippen molar-refractivity contribution in [2.45, 2.75) is 26.0 Å². The van der Waals surface area contributed by atoms with Gasteiger partial charge < -0.3 is 13.9 Å². The quantitative estimate of drug-likeness (QED) is 0.215. The van der Waals surface area contributed by atoms with Crippen molar-refractivity contribution in [2.75, 3.05) is 18.3 Å². The number of carbonyl (C=O) groups excluding carboxylic acids is 1. The summed E-state index contributed by atoms with van der Waals surface area (Å²) in [6, 6.07) is 1.44. The average Bonchev–Trinajstić information content (AvgIpc) is 2.58. The van der Waals surface area contributed by atoms with Crippen LogP contribution in [0.3, 0.4) is 0 Å². The lowest BCUT2D eigenvalue weighted by atomic mass is 10.3. The van der Waals surface area contributed by atoms with Crippen molar-refractivity contribution in [3.63, 3.8) is 0 Å². The number of rotatable bonds is 9. The third kappa shape index (κ3) is 5.92. The van der Waals surface area contributed by atoms with E-state index in [4.69, 9.17) is 9.47 Å². The van der Waals surface area contributed by atoms with Crippen LogP contribution in [0.1, 0.15) is 13.8 Å². The molecule has 2 radical (unpaired) electrons. The Bertz CT molecular complexity index is 563. The van der Waals surface area contributed by atoms with E-state index < -0.39 is 49.7 Å². The van der Waals surface area contributed by atoms with Gasteiger partial charge in [-0.25, -0.2) is 9.18 Å². The molecule has 0 N–H and O–H groups in total. The van der Waals surface area contributed by atoms with Crippen molar-refractivity contribution >= 4 is 21.5 Å². The van der Waals surface area contributed by atoms with E-state index in [1.807, 2.05) is 0 Å². The molecule has 0 saturated heterocycles. The number of benzene rings is 1. The van der Waals surface area contributed by atoms with Gasteiger partial charge in [-0.05, 0) is 26.0 Å². The highest BCUT2D eigenvalue weighted by atomic mass is 28.2. The normalized spacial score (nSPS) is 11.7. The van der Waals surface area contributed by atoms with Gasteiger partial charge in [0.15, 0.2) is 0 Å². The van der Waals surface area contributed by atoms with Crippen LogP contribution < -0.4 is 5.12 Å². The fourth-order valence-electron chi connectivity index (χ4n) is 1.46. The summed E-state index contributed by atoms with van der Waals surface area (Å²) < 4.78 is 82.4. The van der Waals surface area contributed by atoms with Gasteiger partial charge in [0.25, 0.3) is 6.48 Å². The van der Waals surface area contributed by atoms with Gasteiger partial charge in [-0.15, -0.1) is 5.12 Å². The Morgan fingerprint density at radius 2 is 1.76 bits per heavy atom. The Morgan fingerprint density at radius 1 is 1.20 bits per heavy atom. The minimum atomic E-state index is -4.53. The van der Waals surface area contributed by atoms with Crippen molar-refractivity contribution in [2.24, 2.45) is 0 Å². The highest BCUT2D eigenvalue weighted by Crippen LogP contribution is 2.26. The number of amides is 2. The second-order valence-corrected chi connectivity index (χ2v) is 5.30. The van der Waals surface area contributed by atoms with Gasteiger partial charge in [0.1, 0.15) is 11.5 Å². The van der Waals surface area contributed by atoms with Crippen LogP contribution in [-0.2, 0) is 13.9 Å². The number of halogens is 5. The van der Waals surface area contributed by atoms with E-state index in [0.717, 1.165) is 18.2 Å². The molecule has 0 atom stereocenters. The van der Waals surface area contributed by atoms with Crippen LogP contribution in [0.15, 0.2) is 24.3 Å². The van der Waals surface area contributed by atoms with Crippen LogP contribution in [0.4, 0.5) is 32.6 Å². The lowest BCUT2D eigenvalue weighted by Crippen LogP contribution is -2.50. The van der Waals surface area contributed by atoms with Crippen LogP contribution in [0.2, 0.25) is 0 Å². The van der Waals surface area contributed by atoms with Gasteiger partial charge in [-0.3, -0.25) is 0 Å². The Hall–Kier alpha value is -1.76. The van der Waals surface area contributed by atoms with Crippen LogP contribution >= 0.6 is 0 Å². The second kappa shape index (κ2) is 9.65. The molecule has 0 aliphatic carbocycles. The first-order valence-electron chi connectivity index (χ1n) is 6.98. The molecule has 1 rings (SSSR count). The van der Waals surface area contributed by atoms with Crippen molar-refractivity contribution in [3.8, 4) is 0 Å². The average molecular weight is 386 g/mol. The fraction of sp³-hybridized carbons (Fsp3) is 0.462. The third-order valence-electron chi connectivity index (χ3n) is 2.53. The molecular weight excluding hydrogens is 371 g/mol. The van der Waals surface area contributed by atoms with Crippen molar-refractivity contribution in [1.29, 1.82) is 0 Å². The monoisotopic (exact) mass is 386 g/mol. The molecule has 6 nitrogen and oxygen atoms in total. The largest absolute Gasteiger partial charge is 0.386 e. The van der Waals surface area contributed by atoms with E-state index >= 15 is 0 Å². The fourth-order valence-corrected chi connectivity index (χ4v) is 2.01. The smallest absolute Gasteiger partial charge is 0.361 e. The lowest BCUT2D eigenvalue weighted by molar-refractivity contribution is -0.252. The summed E-state index contributed by atoms with van der Waals surface area (Å²) in [5.41, 5.74) is -5.55. The maximum Gasteiger partial charge on any atom is 0.386 e. The Morgan fingerprint density at radius 3 is 2.28 bits per heavy atom. The molecule has 0 spiro atoms. The second-order valence-electron chi connectivity index (χ2n) is 4.26. The van der Waals surface area contributed by atoms with Crippen LogP contribution in [0, 0.1) is 5.82 Å². The van der Waals surface area contributed by atoms with Crippen molar-refractivity contribution in [3.05, 3.63) is 30.1 Å². The predicted molar refractivity (Wildman–Crippen MR) is 77.2 cm³/mol. The molecule has 0 fully saturated rings. The maximum atomic E-state index is 13.8. The molecule has 0 aromatic heterocycles. The number of hydrogen-bond acceptors (Lipinski definition) is 4. The maximum absolute atomic E-state index is 13.8. The van der Waals surface area contributed by atoms with Crippen molar-refractivity contribution < 1.29 is 40.8 Å². The van der Waals surface area contributed by atoms with Crippen molar-refractivity contribution in [1.82, 2.24) is 5.12 Å². The Labute approximate surface area is 142 Å². The number of hydrogen-bond donors (Lipinski definition) is 0. The minimum absolute atomic E-state index is 0.0600. The number of anilines is 1. The van der Waals surface area contributed by atoms with E-state index in [2.05, 4.69) is 4.43 Å². The van der Waals surface area contributed by atoms with Gasteiger partial charge in [0.2, 0.25) is 0 Å². The topological polar surface area (TPSA) is 51.2 Å². The molecule has 1 aromatic rings. The molecule has 12 heteroatoms. The zero-order valence-electron chi connectivity index (χ0n) is 13.2. The first-order valence-corrected chi connectivity index (χ1v) is 7.89. The van der Waals surface area contributed by atoms with E-state index in [-0.39, 0.29) is 13.2 Å². The van der Waals surface area contributed by atoms with Crippen LogP contribution in [0.5, 0.6) is 0 Å². The summed E-state index contributed by atoms with van der Waals surface area (Å²) in [7, 11) is -1.96. The molecule has 0 saturated carbocycles. The zero-order chi connectivity index (χ0) is 19.0. The molecule has 25 heavy (non-hydrogen) atoms. The summed E-state index contributed by atoms with van der Waals surface area (Å²) in [6.07, 6.45) is 0. The zero-order valence-corrected chi connectivity index (χ0v) is 14.2. The van der Waals surface area contributed by atoms with Crippen LogP contribution in [0.25, 0.3) is 0 Å².